The zero-order valence-electron chi connectivity index (χ0n) is 14.0. The van der Waals surface area contributed by atoms with Gasteiger partial charge in [0.05, 0.1) is 19.8 Å². The molecule has 0 radical (unpaired) electrons. The third-order valence-corrected chi connectivity index (χ3v) is 5.50. The third kappa shape index (κ3) is 4.09. The van der Waals surface area contributed by atoms with Crippen molar-refractivity contribution in [3.63, 3.8) is 0 Å². The summed E-state index contributed by atoms with van der Waals surface area (Å²) in [6.45, 7) is 8.72. The highest BCUT2D eigenvalue weighted by Crippen LogP contribution is 2.33. The molecule has 1 aromatic rings. The highest BCUT2D eigenvalue weighted by atomic mass is 32.1. The van der Waals surface area contributed by atoms with Crippen molar-refractivity contribution in [2.24, 2.45) is 5.92 Å². The molecule has 0 aromatic carbocycles. The number of ether oxygens (including phenoxy) is 2. The Hall–Kier alpha value is -0.460. The summed E-state index contributed by atoms with van der Waals surface area (Å²) in [6.07, 6.45) is 1.12. The highest BCUT2D eigenvalue weighted by molar-refractivity contribution is 7.11. The van der Waals surface area contributed by atoms with Gasteiger partial charge in [-0.25, -0.2) is 0 Å². The molecule has 0 aliphatic carbocycles. The first-order chi connectivity index (χ1) is 10.5. The molecule has 0 saturated carbocycles. The van der Waals surface area contributed by atoms with Gasteiger partial charge in [0.15, 0.2) is 0 Å². The van der Waals surface area contributed by atoms with Gasteiger partial charge in [-0.3, -0.25) is 4.90 Å². The van der Waals surface area contributed by atoms with E-state index < -0.39 is 0 Å². The minimum absolute atomic E-state index is 0.0938. The van der Waals surface area contributed by atoms with Crippen LogP contribution < -0.4 is 0 Å². The molecule has 1 aromatic heterocycles. The SMILES string of the molecule is Cc1ccc(CN2CCOC[C@]3(C[C@@H](CN(C)C)CO3)C2)s1. The van der Waals surface area contributed by atoms with Crippen molar-refractivity contribution in [1.29, 1.82) is 0 Å². The number of hydrogen-bond donors (Lipinski definition) is 0. The molecule has 1 spiro atoms. The molecule has 0 unspecified atom stereocenters. The Balaban J connectivity index is 1.62. The van der Waals surface area contributed by atoms with Gasteiger partial charge < -0.3 is 14.4 Å². The summed E-state index contributed by atoms with van der Waals surface area (Å²) in [5, 5.41) is 0. The first-order valence-corrected chi connectivity index (χ1v) is 9.00. The molecule has 2 aliphatic rings. The van der Waals surface area contributed by atoms with Gasteiger partial charge in [0.1, 0.15) is 5.60 Å². The fraction of sp³-hybridized carbons (Fsp3) is 0.765. The molecule has 3 rings (SSSR count). The summed E-state index contributed by atoms with van der Waals surface area (Å²) in [5.41, 5.74) is -0.0938. The molecule has 0 N–H and O–H groups in total. The standard InChI is InChI=1S/C17H28N2O2S/c1-14-4-5-16(22-14)10-19-6-7-20-13-17(12-19)8-15(11-21-17)9-18(2)3/h4-5,15H,6-13H2,1-3H3/t15-,17-/m0/s1. The predicted molar refractivity (Wildman–Crippen MR) is 90.5 cm³/mol. The van der Waals surface area contributed by atoms with Gasteiger partial charge in [-0.1, -0.05) is 0 Å². The molecule has 2 aliphatic heterocycles. The predicted octanol–water partition coefficient (Wildman–Crippen LogP) is 2.23. The number of rotatable bonds is 4. The summed E-state index contributed by atoms with van der Waals surface area (Å²) in [7, 11) is 4.28. The number of thiophene rings is 1. The molecule has 2 saturated heterocycles. The van der Waals surface area contributed by atoms with E-state index >= 15 is 0 Å². The molecule has 3 heterocycles. The van der Waals surface area contributed by atoms with Crippen molar-refractivity contribution in [3.8, 4) is 0 Å². The molecule has 5 heteroatoms. The van der Waals surface area contributed by atoms with Crippen LogP contribution in [0.1, 0.15) is 16.2 Å². The zero-order chi connectivity index (χ0) is 15.6. The van der Waals surface area contributed by atoms with Crippen molar-refractivity contribution in [2.45, 2.75) is 25.5 Å². The first-order valence-electron chi connectivity index (χ1n) is 8.19. The Bertz CT molecular complexity index is 491. The maximum Gasteiger partial charge on any atom is 0.104 e. The van der Waals surface area contributed by atoms with Crippen LogP contribution >= 0.6 is 11.3 Å². The molecule has 4 nitrogen and oxygen atoms in total. The minimum Gasteiger partial charge on any atom is -0.377 e. The van der Waals surface area contributed by atoms with Crippen molar-refractivity contribution < 1.29 is 9.47 Å². The van der Waals surface area contributed by atoms with Crippen LogP contribution in [0, 0.1) is 12.8 Å². The lowest BCUT2D eigenvalue weighted by Crippen LogP contribution is -2.43. The smallest absolute Gasteiger partial charge is 0.104 e. The summed E-state index contributed by atoms with van der Waals surface area (Å²) >= 11 is 1.90. The van der Waals surface area contributed by atoms with Crippen LogP contribution in [0.25, 0.3) is 0 Å². The van der Waals surface area contributed by atoms with Gasteiger partial charge in [-0.05, 0) is 45.5 Å². The first kappa shape index (κ1) is 16.4. The maximum absolute atomic E-state index is 6.26. The Labute approximate surface area is 138 Å². The van der Waals surface area contributed by atoms with Crippen LogP contribution in [0.4, 0.5) is 0 Å². The largest absolute Gasteiger partial charge is 0.377 e. The molecule has 2 atom stereocenters. The summed E-state index contributed by atoms with van der Waals surface area (Å²) in [6, 6.07) is 4.46. The van der Waals surface area contributed by atoms with Crippen molar-refractivity contribution in [3.05, 3.63) is 21.9 Å². The van der Waals surface area contributed by atoms with Crippen molar-refractivity contribution >= 4 is 11.3 Å². The monoisotopic (exact) mass is 324 g/mol. The fourth-order valence-electron chi connectivity index (χ4n) is 3.69. The van der Waals surface area contributed by atoms with E-state index in [9.17, 15) is 0 Å². The van der Waals surface area contributed by atoms with Crippen LogP contribution in [-0.4, -0.2) is 69.0 Å². The zero-order valence-corrected chi connectivity index (χ0v) is 14.8. The lowest BCUT2D eigenvalue weighted by molar-refractivity contribution is -0.0562. The Morgan fingerprint density at radius 2 is 2.27 bits per heavy atom. The topological polar surface area (TPSA) is 24.9 Å². The highest BCUT2D eigenvalue weighted by Gasteiger charge is 2.43. The molecule has 0 amide bonds. The second-order valence-corrected chi connectivity index (χ2v) is 8.47. The number of hydrogen-bond acceptors (Lipinski definition) is 5. The average molecular weight is 324 g/mol. The number of aryl methyl sites for hydroxylation is 1. The van der Waals surface area contributed by atoms with E-state index in [1.165, 1.54) is 9.75 Å². The van der Waals surface area contributed by atoms with E-state index in [1.54, 1.807) is 0 Å². The lowest BCUT2D eigenvalue weighted by atomic mass is 9.94. The molecule has 2 fully saturated rings. The lowest BCUT2D eigenvalue weighted by Gasteiger charge is -2.31. The van der Waals surface area contributed by atoms with Gasteiger partial charge in [0.25, 0.3) is 0 Å². The molecule has 0 bridgehead atoms. The molecule has 124 valence electrons. The van der Waals surface area contributed by atoms with Crippen LogP contribution in [0.15, 0.2) is 12.1 Å². The van der Waals surface area contributed by atoms with Gasteiger partial charge >= 0.3 is 0 Å². The van der Waals surface area contributed by atoms with Gasteiger partial charge in [-0.15, -0.1) is 11.3 Å². The van der Waals surface area contributed by atoms with E-state index in [-0.39, 0.29) is 5.60 Å². The minimum atomic E-state index is -0.0938. The van der Waals surface area contributed by atoms with E-state index in [0.29, 0.717) is 5.92 Å². The van der Waals surface area contributed by atoms with E-state index in [2.05, 4.69) is 43.0 Å². The van der Waals surface area contributed by atoms with E-state index in [0.717, 1.165) is 52.4 Å². The second kappa shape index (κ2) is 6.97. The van der Waals surface area contributed by atoms with Crippen molar-refractivity contribution in [2.75, 3.05) is 53.6 Å². The maximum atomic E-state index is 6.26. The Morgan fingerprint density at radius 1 is 1.41 bits per heavy atom. The van der Waals surface area contributed by atoms with Crippen LogP contribution in [0.2, 0.25) is 0 Å². The third-order valence-electron chi connectivity index (χ3n) is 4.51. The normalized spacial score (nSPS) is 30.3. The molecular formula is C17H28N2O2S. The van der Waals surface area contributed by atoms with E-state index in [4.69, 9.17) is 9.47 Å². The van der Waals surface area contributed by atoms with E-state index in [1.807, 2.05) is 11.3 Å². The summed E-state index contributed by atoms with van der Waals surface area (Å²) in [4.78, 5) is 7.60. The van der Waals surface area contributed by atoms with Crippen molar-refractivity contribution in [1.82, 2.24) is 9.80 Å². The van der Waals surface area contributed by atoms with Crippen LogP contribution in [-0.2, 0) is 16.0 Å². The van der Waals surface area contributed by atoms with Crippen LogP contribution in [0.5, 0.6) is 0 Å². The summed E-state index contributed by atoms with van der Waals surface area (Å²) < 4.78 is 12.1. The van der Waals surface area contributed by atoms with Gasteiger partial charge in [0.2, 0.25) is 0 Å². The second-order valence-electron chi connectivity index (χ2n) is 7.10. The van der Waals surface area contributed by atoms with Crippen LogP contribution in [0.3, 0.4) is 0 Å². The summed E-state index contributed by atoms with van der Waals surface area (Å²) in [5.74, 6) is 0.627. The Morgan fingerprint density at radius 3 is 3.00 bits per heavy atom. The fourth-order valence-corrected chi connectivity index (χ4v) is 4.63. The van der Waals surface area contributed by atoms with Gasteiger partial charge in [-0.2, -0.15) is 0 Å². The molecular weight excluding hydrogens is 296 g/mol. The molecule has 22 heavy (non-hydrogen) atoms. The average Bonchev–Trinajstić information content (AvgIpc) is 2.95. The van der Waals surface area contributed by atoms with Gasteiger partial charge in [0, 0.05) is 35.9 Å². The Kier molecular flexibility index (Phi) is 5.20. The quantitative estimate of drug-likeness (QED) is 0.848. The number of nitrogens with zero attached hydrogens (tertiary/aromatic N) is 2.